The van der Waals surface area contributed by atoms with E-state index in [1.165, 1.54) is 21.3 Å². The minimum absolute atomic E-state index is 0.0227. The third-order valence-corrected chi connectivity index (χ3v) is 10.9. The van der Waals surface area contributed by atoms with Crippen LogP contribution < -0.4 is 5.32 Å². The fraction of sp³-hybridized carbons (Fsp3) is 0.562. The Morgan fingerprint density at radius 2 is 1.91 bits per heavy atom. The van der Waals surface area contributed by atoms with Gasteiger partial charge in [0.15, 0.2) is 6.29 Å². The number of hydrogen-bond donors (Lipinski definition) is 3. The second-order valence-electron chi connectivity index (χ2n) is 12.8. The topological polar surface area (TPSA) is 146 Å². The van der Waals surface area contributed by atoms with Crippen molar-refractivity contribution in [1.29, 1.82) is 0 Å². The predicted molar refractivity (Wildman–Crippen MR) is 162 cm³/mol. The van der Waals surface area contributed by atoms with Crippen LogP contribution in [0.15, 0.2) is 53.4 Å². The van der Waals surface area contributed by atoms with Crippen LogP contribution in [0.2, 0.25) is 0 Å². The highest BCUT2D eigenvalue weighted by Gasteiger charge is 2.50. The van der Waals surface area contributed by atoms with E-state index < -0.39 is 40.7 Å². The van der Waals surface area contributed by atoms with E-state index in [1.807, 2.05) is 51.1 Å². The summed E-state index contributed by atoms with van der Waals surface area (Å²) in [7, 11) is -2.44. The minimum Gasteiger partial charge on any atom is -0.446 e. The van der Waals surface area contributed by atoms with Crippen LogP contribution in [0.5, 0.6) is 0 Å². The van der Waals surface area contributed by atoms with Gasteiger partial charge in [0.1, 0.15) is 6.10 Å². The van der Waals surface area contributed by atoms with Gasteiger partial charge in [0.25, 0.3) is 5.91 Å². The van der Waals surface area contributed by atoms with E-state index in [1.54, 1.807) is 13.1 Å². The molecule has 2 bridgehead atoms. The van der Waals surface area contributed by atoms with Crippen LogP contribution in [0.4, 0.5) is 4.79 Å². The first-order chi connectivity index (χ1) is 20.8. The van der Waals surface area contributed by atoms with E-state index in [2.05, 4.69) is 5.32 Å². The highest BCUT2D eigenvalue weighted by atomic mass is 32.2. The monoisotopic (exact) mass is 629 g/mol. The van der Waals surface area contributed by atoms with E-state index in [-0.39, 0.29) is 54.0 Å². The number of fused-ring (bicyclic) bond motifs is 3. The lowest BCUT2D eigenvalue weighted by molar-refractivity contribution is -0.163. The van der Waals surface area contributed by atoms with Crippen LogP contribution in [0.3, 0.4) is 0 Å². The first-order valence-electron chi connectivity index (χ1n) is 15.2. The number of aliphatic hydroxyl groups is 2. The van der Waals surface area contributed by atoms with E-state index in [4.69, 9.17) is 9.47 Å². The van der Waals surface area contributed by atoms with Gasteiger partial charge in [0, 0.05) is 50.0 Å². The highest BCUT2D eigenvalue weighted by molar-refractivity contribution is 7.89. The lowest BCUT2D eigenvalue weighted by atomic mass is 9.96. The molecule has 0 spiro atoms. The van der Waals surface area contributed by atoms with Crippen LogP contribution in [0, 0.1) is 23.7 Å². The standard InChI is InChI=1S/C32H43N3O8S/c1-19(2)15-35(44(40,41)24-11-10-22-16-34(4)30(37)26(22)14-24)17-28(36)27(12-21-8-6-5-7-9-21)33-32(39)43-29-20(3)25-13-23(29)18-42-31(25)38/h5-11,14,19-20,23,25,27-29,31,36,38H,12-13,15-18H2,1-4H3,(H,33,39)/t20?,23?,25?,27-,28+,29?,31?/m0/s1. The van der Waals surface area contributed by atoms with Crippen molar-refractivity contribution >= 4 is 22.0 Å². The third kappa shape index (κ3) is 6.79. The summed E-state index contributed by atoms with van der Waals surface area (Å²) in [6, 6.07) is 13.0. The molecule has 5 rings (SSSR count). The molecule has 11 nitrogen and oxygen atoms in total. The molecule has 240 valence electrons. The van der Waals surface area contributed by atoms with E-state index in [0.29, 0.717) is 25.1 Å². The Labute approximate surface area is 259 Å². The number of rotatable bonds is 11. The number of nitrogens with zero attached hydrogens (tertiary/aromatic N) is 2. The molecule has 12 heteroatoms. The predicted octanol–water partition coefficient (Wildman–Crippen LogP) is 2.61. The van der Waals surface area contributed by atoms with Gasteiger partial charge in [-0.3, -0.25) is 4.79 Å². The van der Waals surface area contributed by atoms with E-state index in [0.717, 1.165) is 11.1 Å². The van der Waals surface area contributed by atoms with Gasteiger partial charge >= 0.3 is 6.09 Å². The van der Waals surface area contributed by atoms with Crippen molar-refractivity contribution in [2.24, 2.45) is 23.7 Å². The number of sulfonamides is 1. The molecule has 2 heterocycles. The summed E-state index contributed by atoms with van der Waals surface area (Å²) in [6.45, 7) is 6.24. The summed E-state index contributed by atoms with van der Waals surface area (Å²) >= 11 is 0. The number of ether oxygens (including phenoxy) is 2. The molecular weight excluding hydrogens is 586 g/mol. The van der Waals surface area contributed by atoms with Crippen LogP contribution in [0.25, 0.3) is 0 Å². The molecule has 3 aliphatic rings. The van der Waals surface area contributed by atoms with Gasteiger partial charge in [0.2, 0.25) is 10.0 Å². The number of hydrogen-bond acceptors (Lipinski definition) is 8. The zero-order valence-electron chi connectivity index (χ0n) is 25.6. The van der Waals surface area contributed by atoms with Gasteiger partial charge in [-0.25, -0.2) is 13.2 Å². The number of nitrogens with one attached hydrogen (secondary N) is 1. The highest BCUT2D eigenvalue weighted by Crippen LogP contribution is 2.44. The van der Waals surface area contributed by atoms with Crippen LogP contribution in [-0.4, -0.2) is 91.1 Å². The average Bonchev–Trinajstić information content (AvgIpc) is 3.41. The average molecular weight is 630 g/mol. The van der Waals surface area contributed by atoms with Crippen molar-refractivity contribution in [3.8, 4) is 0 Å². The summed E-state index contributed by atoms with van der Waals surface area (Å²) in [6.07, 6.45) is -2.41. The van der Waals surface area contributed by atoms with Crippen molar-refractivity contribution in [2.75, 3.05) is 26.7 Å². The molecule has 1 aliphatic carbocycles. The number of amides is 2. The maximum atomic E-state index is 13.9. The van der Waals surface area contributed by atoms with Gasteiger partial charge in [-0.2, -0.15) is 4.31 Å². The number of benzene rings is 2. The Bertz CT molecular complexity index is 1450. The molecule has 2 amide bonds. The Morgan fingerprint density at radius 1 is 1.18 bits per heavy atom. The smallest absolute Gasteiger partial charge is 0.407 e. The normalized spacial score (nSPS) is 26.1. The summed E-state index contributed by atoms with van der Waals surface area (Å²) in [5.74, 6) is -0.564. The summed E-state index contributed by atoms with van der Waals surface area (Å²) < 4.78 is 40.4. The van der Waals surface area contributed by atoms with Gasteiger partial charge in [-0.1, -0.05) is 57.2 Å². The van der Waals surface area contributed by atoms with Crippen molar-refractivity contribution < 1.29 is 37.7 Å². The lowest BCUT2D eigenvalue weighted by Crippen LogP contribution is -2.51. The number of aliphatic hydroxyl groups excluding tert-OH is 2. The third-order valence-electron chi connectivity index (χ3n) is 9.05. The fourth-order valence-electron chi connectivity index (χ4n) is 6.67. The summed E-state index contributed by atoms with van der Waals surface area (Å²) in [5, 5.41) is 24.5. The van der Waals surface area contributed by atoms with Gasteiger partial charge < -0.3 is 29.9 Å². The Balaban J connectivity index is 1.35. The molecule has 0 aromatic heterocycles. The first kappa shape index (κ1) is 32.4. The van der Waals surface area contributed by atoms with Gasteiger partial charge in [-0.05, 0) is 42.0 Å². The van der Waals surface area contributed by atoms with Gasteiger partial charge in [-0.15, -0.1) is 0 Å². The van der Waals surface area contributed by atoms with Crippen molar-refractivity contribution in [1.82, 2.24) is 14.5 Å². The quantitative estimate of drug-likeness (QED) is 0.344. The van der Waals surface area contributed by atoms with Crippen molar-refractivity contribution in [2.45, 2.75) is 69.6 Å². The molecule has 2 aromatic carbocycles. The Morgan fingerprint density at radius 3 is 2.59 bits per heavy atom. The largest absolute Gasteiger partial charge is 0.446 e. The molecule has 1 saturated heterocycles. The number of alkyl carbamates (subject to hydrolysis) is 1. The second-order valence-corrected chi connectivity index (χ2v) is 14.8. The van der Waals surface area contributed by atoms with Crippen LogP contribution >= 0.6 is 0 Å². The molecule has 2 aromatic rings. The van der Waals surface area contributed by atoms with Crippen LogP contribution in [0.1, 0.15) is 48.7 Å². The summed E-state index contributed by atoms with van der Waals surface area (Å²) in [4.78, 5) is 27.4. The maximum Gasteiger partial charge on any atom is 0.407 e. The Kier molecular flexibility index (Phi) is 9.66. The lowest BCUT2D eigenvalue weighted by Gasteiger charge is -2.31. The maximum absolute atomic E-state index is 13.9. The van der Waals surface area contributed by atoms with Crippen LogP contribution in [-0.2, 0) is 32.5 Å². The van der Waals surface area contributed by atoms with E-state index >= 15 is 0 Å². The summed E-state index contributed by atoms with van der Waals surface area (Å²) in [5.41, 5.74) is 1.96. The number of carbonyl (C=O) groups is 2. The molecule has 5 unspecified atom stereocenters. The molecule has 1 saturated carbocycles. The number of carbonyl (C=O) groups excluding carboxylic acids is 2. The second kappa shape index (κ2) is 13.1. The van der Waals surface area contributed by atoms with E-state index in [9.17, 15) is 28.2 Å². The van der Waals surface area contributed by atoms with Crippen molar-refractivity contribution in [3.63, 3.8) is 0 Å². The molecule has 44 heavy (non-hydrogen) atoms. The molecule has 0 radical (unpaired) electrons. The zero-order valence-corrected chi connectivity index (χ0v) is 26.4. The van der Waals surface area contributed by atoms with Crippen molar-refractivity contribution in [3.05, 3.63) is 65.2 Å². The fourth-order valence-corrected chi connectivity index (χ4v) is 8.32. The molecule has 2 aliphatic heterocycles. The molecular formula is C32H43N3O8S. The zero-order chi connectivity index (χ0) is 31.8. The van der Waals surface area contributed by atoms with Gasteiger partial charge in [0.05, 0.1) is 23.6 Å². The molecule has 2 fully saturated rings. The SMILES string of the molecule is CC(C)CN(C[C@@H](O)[C@H](Cc1ccccc1)NC(=O)OC1C2COC(O)C(C2)C1C)S(=O)(=O)c1ccc2c(c1)C(=O)N(C)C2. The molecule has 7 atom stereocenters. The first-order valence-corrected chi connectivity index (χ1v) is 16.7. The Hall–Kier alpha value is -3.03. The molecule has 3 N–H and O–H groups in total. The minimum atomic E-state index is -4.11.